The van der Waals surface area contributed by atoms with Crippen molar-refractivity contribution in [3.63, 3.8) is 0 Å². The summed E-state index contributed by atoms with van der Waals surface area (Å²) in [5.74, 6) is 0. The lowest BCUT2D eigenvalue weighted by Gasteiger charge is -2.08. The van der Waals surface area contributed by atoms with Crippen LogP contribution in [0.3, 0.4) is 0 Å². The molecule has 33 heavy (non-hydrogen) atoms. The van der Waals surface area contributed by atoms with E-state index < -0.39 is 0 Å². The smallest absolute Gasteiger partial charge is 0.0998 e. The first-order valence-corrected chi connectivity index (χ1v) is 11.6. The summed E-state index contributed by atoms with van der Waals surface area (Å²) in [6, 6.07) is 36.0. The minimum absolute atomic E-state index is 0.656. The maximum atomic E-state index is 9.87. The van der Waals surface area contributed by atoms with Crippen LogP contribution in [0.4, 0.5) is 0 Å². The summed E-state index contributed by atoms with van der Waals surface area (Å²) < 4.78 is 2.53. The van der Waals surface area contributed by atoms with Gasteiger partial charge in [0.2, 0.25) is 0 Å². The molecular formula is C30H18N2S. The van der Waals surface area contributed by atoms with Gasteiger partial charge in [-0.2, -0.15) is 5.26 Å². The van der Waals surface area contributed by atoms with E-state index in [0.717, 1.165) is 22.3 Å². The van der Waals surface area contributed by atoms with Gasteiger partial charge in [-0.3, -0.25) is 4.98 Å². The van der Waals surface area contributed by atoms with Crippen LogP contribution in [-0.2, 0) is 0 Å². The minimum atomic E-state index is 0.656. The van der Waals surface area contributed by atoms with Crippen LogP contribution in [0.5, 0.6) is 0 Å². The van der Waals surface area contributed by atoms with Crippen molar-refractivity contribution in [1.29, 1.82) is 5.26 Å². The molecule has 0 bridgehead atoms. The van der Waals surface area contributed by atoms with Crippen molar-refractivity contribution in [2.45, 2.75) is 0 Å². The number of pyridine rings is 1. The highest BCUT2D eigenvalue weighted by Crippen LogP contribution is 2.44. The second kappa shape index (κ2) is 8.02. The van der Waals surface area contributed by atoms with Crippen molar-refractivity contribution in [2.24, 2.45) is 0 Å². The summed E-state index contributed by atoms with van der Waals surface area (Å²) in [5.41, 5.74) is 7.20. The van der Waals surface area contributed by atoms with Gasteiger partial charge in [0.25, 0.3) is 0 Å². The van der Waals surface area contributed by atoms with E-state index in [9.17, 15) is 5.26 Å². The highest BCUT2D eigenvalue weighted by atomic mass is 32.1. The van der Waals surface area contributed by atoms with Crippen LogP contribution in [0, 0.1) is 11.3 Å². The molecule has 2 nitrogen and oxygen atoms in total. The SMILES string of the molecule is N#Cc1cc(-c2cccc3c2sc2c(-c4ccccc4)cccc23)ccc1-c1cccnc1. The molecule has 2 heterocycles. The molecule has 2 aromatic heterocycles. The van der Waals surface area contributed by atoms with Crippen LogP contribution in [0.15, 0.2) is 109 Å². The molecule has 0 aliphatic heterocycles. The Bertz CT molecular complexity index is 1660. The van der Waals surface area contributed by atoms with E-state index in [1.54, 1.807) is 12.4 Å². The monoisotopic (exact) mass is 438 g/mol. The first-order chi connectivity index (χ1) is 16.3. The number of nitrogens with zero attached hydrogens (tertiary/aromatic N) is 2. The Morgan fingerprint density at radius 3 is 1.97 bits per heavy atom. The predicted molar refractivity (Wildman–Crippen MR) is 138 cm³/mol. The molecule has 0 saturated heterocycles. The molecule has 3 heteroatoms. The molecular weight excluding hydrogens is 420 g/mol. The second-order valence-electron chi connectivity index (χ2n) is 7.95. The Balaban J connectivity index is 1.56. The van der Waals surface area contributed by atoms with E-state index in [-0.39, 0.29) is 0 Å². The maximum Gasteiger partial charge on any atom is 0.0998 e. The predicted octanol–water partition coefficient (Wildman–Crippen LogP) is 8.32. The van der Waals surface area contributed by atoms with Gasteiger partial charge in [-0.25, -0.2) is 0 Å². The van der Waals surface area contributed by atoms with Gasteiger partial charge in [-0.15, -0.1) is 11.3 Å². The quantitative estimate of drug-likeness (QED) is 0.278. The Morgan fingerprint density at radius 1 is 0.606 bits per heavy atom. The van der Waals surface area contributed by atoms with Gasteiger partial charge >= 0.3 is 0 Å². The molecule has 0 aliphatic carbocycles. The fourth-order valence-electron chi connectivity index (χ4n) is 4.47. The Labute approximate surface area is 196 Å². The van der Waals surface area contributed by atoms with Gasteiger partial charge in [0.05, 0.1) is 11.6 Å². The molecule has 0 radical (unpaired) electrons. The van der Waals surface area contributed by atoms with Gasteiger partial charge in [0.1, 0.15) is 0 Å². The largest absolute Gasteiger partial charge is 0.264 e. The minimum Gasteiger partial charge on any atom is -0.264 e. The molecule has 0 amide bonds. The number of rotatable bonds is 3. The van der Waals surface area contributed by atoms with E-state index in [4.69, 9.17) is 0 Å². The molecule has 154 valence electrons. The second-order valence-corrected chi connectivity index (χ2v) is 8.97. The molecule has 0 atom stereocenters. The number of benzene rings is 4. The normalized spacial score (nSPS) is 11.0. The lowest BCUT2D eigenvalue weighted by Crippen LogP contribution is -1.87. The zero-order chi connectivity index (χ0) is 22.2. The van der Waals surface area contributed by atoms with Gasteiger partial charge in [-0.1, -0.05) is 84.9 Å². The van der Waals surface area contributed by atoms with E-state index >= 15 is 0 Å². The van der Waals surface area contributed by atoms with Crippen molar-refractivity contribution in [2.75, 3.05) is 0 Å². The molecule has 4 aromatic carbocycles. The van der Waals surface area contributed by atoms with Crippen LogP contribution in [0.25, 0.3) is 53.6 Å². The number of thiophene rings is 1. The van der Waals surface area contributed by atoms with Crippen LogP contribution < -0.4 is 0 Å². The van der Waals surface area contributed by atoms with E-state index in [1.165, 1.54) is 31.3 Å². The van der Waals surface area contributed by atoms with Crippen LogP contribution in [0.1, 0.15) is 5.56 Å². The van der Waals surface area contributed by atoms with Crippen molar-refractivity contribution in [3.8, 4) is 39.4 Å². The molecule has 0 N–H and O–H groups in total. The number of fused-ring (bicyclic) bond motifs is 3. The maximum absolute atomic E-state index is 9.87. The topological polar surface area (TPSA) is 36.7 Å². The van der Waals surface area contributed by atoms with Crippen molar-refractivity contribution >= 4 is 31.5 Å². The number of aromatic nitrogens is 1. The summed E-state index contributed by atoms with van der Waals surface area (Å²) in [4.78, 5) is 4.21. The fraction of sp³-hybridized carbons (Fsp3) is 0. The third kappa shape index (κ3) is 3.29. The standard InChI is InChI=1S/C30H18N2S/c31-18-23-17-21(14-15-24(23)22-9-6-16-32-19-22)26-11-5-13-28-27-12-4-10-25(29(27)33-30(26)28)20-7-2-1-3-8-20/h1-17,19H. The molecule has 0 saturated carbocycles. The molecule has 0 aliphatic rings. The molecule has 0 unspecified atom stereocenters. The van der Waals surface area contributed by atoms with Crippen LogP contribution in [0.2, 0.25) is 0 Å². The summed E-state index contributed by atoms with van der Waals surface area (Å²) in [5, 5.41) is 12.4. The van der Waals surface area contributed by atoms with E-state index in [0.29, 0.717) is 5.56 Å². The van der Waals surface area contributed by atoms with Crippen molar-refractivity contribution in [3.05, 3.63) is 115 Å². The third-order valence-corrected chi connectivity index (χ3v) is 7.32. The molecule has 6 aromatic rings. The summed E-state index contributed by atoms with van der Waals surface area (Å²) >= 11 is 1.83. The van der Waals surface area contributed by atoms with Crippen molar-refractivity contribution in [1.82, 2.24) is 4.98 Å². The summed E-state index contributed by atoms with van der Waals surface area (Å²) in [6.45, 7) is 0. The highest BCUT2D eigenvalue weighted by molar-refractivity contribution is 7.26. The third-order valence-electron chi connectivity index (χ3n) is 6.03. The first-order valence-electron chi connectivity index (χ1n) is 10.8. The van der Waals surface area contributed by atoms with Crippen LogP contribution in [-0.4, -0.2) is 4.98 Å². The van der Waals surface area contributed by atoms with Crippen LogP contribution >= 0.6 is 11.3 Å². The highest BCUT2D eigenvalue weighted by Gasteiger charge is 2.15. The summed E-state index contributed by atoms with van der Waals surface area (Å²) in [7, 11) is 0. The average molecular weight is 439 g/mol. The molecule has 0 spiro atoms. The summed E-state index contributed by atoms with van der Waals surface area (Å²) in [6.07, 6.45) is 3.55. The zero-order valence-corrected chi connectivity index (χ0v) is 18.5. The lowest BCUT2D eigenvalue weighted by molar-refractivity contribution is 1.33. The molecule has 0 fully saturated rings. The van der Waals surface area contributed by atoms with Gasteiger partial charge in [0.15, 0.2) is 0 Å². The molecule has 6 rings (SSSR count). The first kappa shape index (κ1) is 19.4. The van der Waals surface area contributed by atoms with E-state index in [2.05, 4.69) is 83.8 Å². The van der Waals surface area contributed by atoms with E-state index in [1.807, 2.05) is 35.6 Å². The van der Waals surface area contributed by atoms with Crippen molar-refractivity contribution < 1.29 is 0 Å². The number of nitriles is 1. The number of hydrogen-bond donors (Lipinski definition) is 0. The number of hydrogen-bond acceptors (Lipinski definition) is 3. The Hall–Kier alpha value is -4.26. The fourth-order valence-corrected chi connectivity index (χ4v) is 5.84. The van der Waals surface area contributed by atoms with Gasteiger partial charge < -0.3 is 0 Å². The zero-order valence-electron chi connectivity index (χ0n) is 17.7. The Morgan fingerprint density at radius 2 is 1.30 bits per heavy atom. The average Bonchev–Trinajstić information content (AvgIpc) is 3.28. The lowest BCUT2D eigenvalue weighted by atomic mass is 9.95. The Kier molecular flexibility index (Phi) is 4.72. The van der Waals surface area contributed by atoms with Gasteiger partial charge in [0, 0.05) is 43.7 Å². The van der Waals surface area contributed by atoms with Gasteiger partial charge in [-0.05, 0) is 34.4 Å².